The summed E-state index contributed by atoms with van der Waals surface area (Å²) >= 11 is 0. The minimum Gasteiger partial charge on any atom is -0.488 e. The molecule has 0 radical (unpaired) electrons. The molecule has 4 N–H and O–H groups in total. The highest BCUT2D eigenvalue weighted by molar-refractivity contribution is 6.07. The first-order chi connectivity index (χ1) is 30.3. The molecule has 3 aliphatic heterocycles. The molecule has 2 fully saturated rings. The van der Waals surface area contributed by atoms with Crippen LogP contribution in [0.4, 0.5) is 9.59 Å². The number of likely N-dealkylation sites (tertiary alicyclic amines) is 2. The van der Waals surface area contributed by atoms with Gasteiger partial charge in [-0.2, -0.15) is 0 Å². The van der Waals surface area contributed by atoms with Crippen LogP contribution in [0.25, 0.3) is 44.2 Å². The van der Waals surface area contributed by atoms with Crippen molar-refractivity contribution in [3.63, 3.8) is 0 Å². The van der Waals surface area contributed by atoms with Crippen LogP contribution in [0.5, 0.6) is 5.75 Å². The van der Waals surface area contributed by atoms with Crippen molar-refractivity contribution in [3.8, 4) is 28.1 Å². The third-order valence-corrected chi connectivity index (χ3v) is 13.2. The van der Waals surface area contributed by atoms with E-state index in [0.29, 0.717) is 37.8 Å². The van der Waals surface area contributed by atoms with Gasteiger partial charge in [-0.15, -0.1) is 0 Å². The summed E-state index contributed by atoms with van der Waals surface area (Å²) in [6.07, 6.45) is 3.49. The van der Waals surface area contributed by atoms with Crippen molar-refractivity contribution in [2.24, 2.45) is 17.8 Å². The smallest absolute Gasteiger partial charge is 0.407 e. The highest BCUT2D eigenvalue weighted by atomic mass is 16.5. The van der Waals surface area contributed by atoms with Crippen LogP contribution in [0.2, 0.25) is 0 Å². The molecule has 1 unspecified atom stereocenters. The Morgan fingerprint density at radius 1 is 0.889 bits per heavy atom. The number of nitrogens with one attached hydrogen (secondary N) is 4. The number of hydrogen-bond donors (Lipinski definition) is 4. The van der Waals surface area contributed by atoms with E-state index in [4.69, 9.17) is 28.9 Å². The molecule has 8 rings (SSSR count). The summed E-state index contributed by atoms with van der Waals surface area (Å²) in [6.45, 7) is 11.1. The van der Waals surface area contributed by atoms with E-state index in [9.17, 15) is 19.2 Å². The summed E-state index contributed by atoms with van der Waals surface area (Å²) in [4.78, 5) is 73.2. The van der Waals surface area contributed by atoms with E-state index < -0.39 is 24.3 Å². The lowest BCUT2D eigenvalue weighted by molar-refractivity contribution is -0.137. The standard InChI is InChI=1S/C47H58N8O8/c1-9-25(4)40(53-47(59)62-8)45(57)55-26(5)10-15-36(55)42-48-20-35(50-42)29-11-13-31-30(17-29)23-63-38-19-32-28(18-33(31)38)12-14-34-41(32)51-43(49-34)37-16-27(22-60-6)21-54(37)44(56)39(24(2)3)52-46(58)61-7/h11-14,17-20,24-27,36-37,39-40H,9-10,15-16,21-23H2,1-8H3,(H,48,50)(H,49,51)(H,52,58)(H,53,59)/t25-,26-,27-,36-,37-,39-,40?/m0/s1. The van der Waals surface area contributed by atoms with Crippen LogP contribution in [0.15, 0.2) is 48.7 Å². The van der Waals surface area contributed by atoms with Crippen molar-refractivity contribution in [1.29, 1.82) is 0 Å². The Hall–Kier alpha value is -6.16. The van der Waals surface area contributed by atoms with Crippen LogP contribution >= 0.6 is 0 Å². The van der Waals surface area contributed by atoms with Gasteiger partial charge in [0.1, 0.15) is 36.1 Å². The van der Waals surface area contributed by atoms with Crippen molar-refractivity contribution >= 4 is 45.8 Å². The molecule has 2 saturated heterocycles. The van der Waals surface area contributed by atoms with Gasteiger partial charge in [0.15, 0.2) is 0 Å². The summed E-state index contributed by atoms with van der Waals surface area (Å²) in [5, 5.41) is 7.44. The summed E-state index contributed by atoms with van der Waals surface area (Å²) in [7, 11) is 4.25. The molecule has 0 spiro atoms. The fourth-order valence-electron chi connectivity index (χ4n) is 9.60. The first-order valence-electron chi connectivity index (χ1n) is 21.9. The average molecular weight is 863 g/mol. The molecule has 16 nitrogen and oxygen atoms in total. The zero-order valence-electron chi connectivity index (χ0n) is 37.2. The van der Waals surface area contributed by atoms with Crippen molar-refractivity contribution in [3.05, 3.63) is 65.9 Å². The number of carbonyl (C=O) groups is 4. The topological polar surface area (TPSA) is 193 Å². The minimum absolute atomic E-state index is 0.0201. The van der Waals surface area contributed by atoms with Crippen LogP contribution in [0.3, 0.4) is 0 Å². The minimum atomic E-state index is -0.762. The maximum atomic E-state index is 14.1. The van der Waals surface area contributed by atoms with Crippen LogP contribution in [0.1, 0.15) is 89.6 Å². The zero-order valence-corrected chi connectivity index (χ0v) is 37.2. The van der Waals surface area contributed by atoms with E-state index in [0.717, 1.165) is 74.8 Å². The number of amides is 4. The van der Waals surface area contributed by atoms with Gasteiger partial charge in [-0.05, 0) is 84.4 Å². The summed E-state index contributed by atoms with van der Waals surface area (Å²) in [6, 6.07) is 12.5. The van der Waals surface area contributed by atoms with Gasteiger partial charge in [-0.25, -0.2) is 19.6 Å². The third-order valence-electron chi connectivity index (χ3n) is 13.2. The van der Waals surface area contributed by atoms with Gasteiger partial charge < -0.3 is 49.3 Å². The number of rotatable bonds is 12. The van der Waals surface area contributed by atoms with Gasteiger partial charge in [-0.3, -0.25) is 9.59 Å². The fraction of sp³-hybridized carbons (Fsp3) is 0.489. The summed E-state index contributed by atoms with van der Waals surface area (Å²) in [5.74, 6) is 1.67. The zero-order chi connectivity index (χ0) is 44.7. The van der Waals surface area contributed by atoms with E-state index >= 15 is 0 Å². The number of imidazole rings is 2. The molecular formula is C47H58N8O8. The largest absolute Gasteiger partial charge is 0.488 e. The second kappa shape index (κ2) is 17.9. The Balaban J connectivity index is 1.05. The molecule has 334 valence electrons. The second-order valence-electron chi connectivity index (χ2n) is 17.6. The quantitative estimate of drug-likeness (QED) is 0.0982. The van der Waals surface area contributed by atoms with Gasteiger partial charge in [0.25, 0.3) is 0 Å². The van der Waals surface area contributed by atoms with Gasteiger partial charge >= 0.3 is 12.2 Å². The number of nitrogens with zero attached hydrogens (tertiary/aromatic N) is 4. The predicted octanol–water partition coefficient (Wildman–Crippen LogP) is 7.40. The lowest BCUT2D eigenvalue weighted by atomic mass is 9.92. The molecule has 3 aliphatic rings. The Labute approximate surface area is 366 Å². The Bertz CT molecular complexity index is 2530. The Morgan fingerprint density at radius 3 is 2.37 bits per heavy atom. The van der Waals surface area contributed by atoms with Gasteiger partial charge in [0.2, 0.25) is 11.8 Å². The number of methoxy groups -OCH3 is 3. The lowest BCUT2D eigenvalue weighted by Crippen LogP contribution is -2.53. The number of H-pyrrole nitrogens is 2. The summed E-state index contributed by atoms with van der Waals surface area (Å²) in [5.41, 5.74) is 6.51. The molecule has 0 aliphatic carbocycles. The van der Waals surface area contributed by atoms with E-state index in [1.165, 1.54) is 14.2 Å². The van der Waals surface area contributed by atoms with E-state index in [2.05, 4.69) is 57.0 Å². The highest BCUT2D eigenvalue weighted by Gasteiger charge is 2.43. The number of aromatic nitrogens is 4. The molecule has 0 bridgehead atoms. The van der Waals surface area contributed by atoms with Gasteiger partial charge in [0.05, 0.1) is 55.8 Å². The molecule has 2 aromatic heterocycles. The molecule has 7 atom stereocenters. The Morgan fingerprint density at radius 2 is 1.65 bits per heavy atom. The monoisotopic (exact) mass is 862 g/mol. The molecule has 5 aromatic rings. The van der Waals surface area contributed by atoms with Gasteiger partial charge in [-0.1, -0.05) is 52.3 Å². The first kappa shape index (κ1) is 43.5. The number of carbonyl (C=O) groups excluding carboxylic acids is 4. The first-order valence-corrected chi connectivity index (χ1v) is 21.9. The molecule has 3 aromatic carbocycles. The molecule has 4 amide bonds. The van der Waals surface area contributed by atoms with Gasteiger partial charge in [0, 0.05) is 36.6 Å². The third kappa shape index (κ3) is 8.28. The number of hydrogen-bond acceptors (Lipinski definition) is 10. The molecule has 0 saturated carbocycles. The van der Waals surface area contributed by atoms with Crippen molar-refractivity contribution in [1.82, 2.24) is 40.4 Å². The average Bonchev–Trinajstić information content (AvgIpc) is 4.11. The van der Waals surface area contributed by atoms with Crippen LogP contribution in [-0.4, -0.2) is 106 Å². The molecule has 63 heavy (non-hydrogen) atoms. The number of ether oxygens (including phenoxy) is 4. The number of aromatic amines is 2. The van der Waals surface area contributed by atoms with Crippen LogP contribution in [-0.2, 0) is 30.4 Å². The lowest BCUT2D eigenvalue weighted by Gasteiger charge is -2.33. The predicted molar refractivity (Wildman–Crippen MR) is 237 cm³/mol. The molecular weight excluding hydrogens is 805 g/mol. The fourth-order valence-corrected chi connectivity index (χ4v) is 9.60. The van der Waals surface area contributed by atoms with Crippen LogP contribution < -0.4 is 15.4 Å². The van der Waals surface area contributed by atoms with E-state index in [1.54, 1.807) is 7.11 Å². The highest BCUT2D eigenvalue weighted by Crippen LogP contribution is 2.44. The van der Waals surface area contributed by atoms with Crippen molar-refractivity contribution < 1.29 is 38.1 Å². The molecule has 16 heteroatoms. The molecule has 5 heterocycles. The Kier molecular flexibility index (Phi) is 12.4. The maximum Gasteiger partial charge on any atom is 0.407 e. The van der Waals surface area contributed by atoms with E-state index in [1.807, 2.05) is 56.7 Å². The number of benzene rings is 3. The van der Waals surface area contributed by atoms with Crippen LogP contribution in [0, 0.1) is 17.8 Å². The second-order valence-corrected chi connectivity index (χ2v) is 17.6. The number of alkyl carbamates (subject to hydrolysis) is 2. The van der Waals surface area contributed by atoms with Crippen molar-refractivity contribution in [2.45, 2.75) is 97.1 Å². The van der Waals surface area contributed by atoms with E-state index in [-0.39, 0.29) is 47.7 Å². The maximum absolute atomic E-state index is 14.1. The SMILES string of the molecule is CC[C@H](C)C(NC(=O)OC)C(=O)N1[C@@H](C)CC[C@H]1c1ncc(-c2ccc3c(c2)COc2cc4c(ccc5[nH]c([C@@H]6C[C@H](COC)CN6C(=O)[C@@H](NC(=O)OC)C(C)C)nc54)cc2-3)[nH]1. The normalized spacial score (nSPS) is 20.8. The van der Waals surface area contributed by atoms with Crippen molar-refractivity contribution in [2.75, 3.05) is 34.5 Å². The summed E-state index contributed by atoms with van der Waals surface area (Å²) < 4.78 is 21.6. The number of fused-ring (bicyclic) bond motifs is 6.